The van der Waals surface area contributed by atoms with Crippen LogP contribution in [0.4, 0.5) is 15.8 Å². The molecule has 8 heteroatoms. The average molecular weight is 435 g/mol. The van der Waals surface area contributed by atoms with E-state index in [0.29, 0.717) is 29.9 Å². The minimum Gasteiger partial charge on any atom is -0.395 e. The van der Waals surface area contributed by atoms with Crippen LogP contribution in [0.5, 0.6) is 0 Å². The Morgan fingerprint density at radius 2 is 1.62 bits per heavy atom. The van der Waals surface area contributed by atoms with Gasteiger partial charge in [-0.2, -0.15) is 0 Å². The third-order valence-electron chi connectivity index (χ3n) is 5.42. The topological polar surface area (TPSA) is 98.7 Å². The Hall–Kier alpha value is -3.78. The first kappa shape index (κ1) is 21.5. The zero-order valence-electron chi connectivity index (χ0n) is 17.2. The molecule has 1 aliphatic heterocycles. The number of benzene rings is 2. The molecule has 0 saturated carbocycles. The lowest BCUT2D eigenvalue weighted by molar-refractivity contribution is -0.137. The van der Waals surface area contributed by atoms with Gasteiger partial charge in [-0.25, -0.2) is 4.39 Å². The van der Waals surface area contributed by atoms with Crippen molar-refractivity contribution in [3.05, 3.63) is 83.5 Å². The summed E-state index contributed by atoms with van der Waals surface area (Å²) in [6, 6.07) is 13.3. The fourth-order valence-electron chi connectivity index (χ4n) is 3.88. The van der Waals surface area contributed by atoms with Gasteiger partial charge in [-0.05, 0) is 42.2 Å². The van der Waals surface area contributed by atoms with E-state index in [9.17, 15) is 18.8 Å². The first-order valence-corrected chi connectivity index (χ1v) is 10.2. The maximum Gasteiger partial charge on any atom is 0.277 e. The number of carbonyl (C=O) groups excluding carboxylic acids is 3. The molecule has 2 aromatic carbocycles. The maximum absolute atomic E-state index is 13.3. The molecular formula is C24H22FN3O4. The van der Waals surface area contributed by atoms with Crippen molar-refractivity contribution < 1.29 is 23.9 Å². The van der Waals surface area contributed by atoms with Crippen molar-refractivity contribution in [1.29, 1.82) is 0 Å². The molecule has 0 bridgehead atoms. The number of hydrogen-bond donors (Lipinski definition) is 3. The molecule has 3 N–H and O–H groups in total. The highest BCUT2D eigenvalue weighted by Gasteiger charge is 2.31. The van der Waals surface area contributed by atoms with Crippen LogP contribution in [0.15, 0.2) is 72.1 Å². The normalized spacial score (nSPS) is 18.5. The number of β-amino-alcohol motifs (C(OH)–C–C–N with tert-alkyl or cyclic N) is 1. The zero-order valence-corrected chi connectivity index (χ0v) is 17.2. The second-order valence-corrected chi connectivity index (χ2v) is 7.66. The molecule has 4 rings (SSSR count). The van der Waals surface area contributed by atoms with E-state index in [0.717, 1.165) is 10.5 Å². The molecular weight excluding hydrogens is 413 g/mol. The summed E-state index contributed by atoms with van der Waals surface area (Å²) in [5.41, 5.74) is 2.89. The number of hydrogen-bond acceptors (Lipinski definition) is 6. The second kappa shape index (κ2) is 9.15. The number of anilines is 2. The van der Waals surface area contributed by atoms with Gasteiger partial charge in [0.25, 0.3) is 11.8 Å². The number of para-hydroxylation sites is 2. The largest absolute Gasteiger partial charge is 0.395 e. The third kappa shape index (κ3) is 4.60. The van der Waals surface area contributed by atoms with Crippen molar-refractivity contribution in [3.63, 3.8) is 0 Å². The summed E-state index contributed by atoms with van der Waals surface area (Å²) in [5.74, 6) is -1.42. The standard InChI is InChI=1S/C24H22FN3O4/c25-17-7-5-15(6-8-17)16-11-18(13-19(30)12-16)26-20-3-1-2-4-21(20)27-22-14-23(31)28(9-10-29)24(22)32/h1-8,13-14,16,26-27,29H,9-12H2. The molecule has 0 radical (unpaired) electrons. The van der Waals surface area contributed by atoms with Crippen LogP contribution in [0.3, 0.4) is 0 Å². The Morgan fingerprint density at radius 1 is 0.938 bits per heavy atom. The summed E-state index contributed by atoms with van der Waals surface area (Å²) < 4.78 is 13.3. The predicted octanol–water partition coefficient (Wildman–Crippen LogP) is 2.93. The summed E-state index contributed by atoms with van der Waals surface area (Å²) in [4.78, 5) is 37.7. The first-order chi connectivity index (χ1) is 15.4. The highest BCUT2D eigenvalue weighted by atomic mass is 19.1. The van der Waals surface area contributed by atoms with Crippen LogP contribution in [-0.4, -0.2) is 40.8 Å². The fraction of sp³-hybridized carbons (Fsp3) is 0.208. The van der Waals surface area contributed by atoms with Crippen LogP contribution in [-0.2, 0) is 14.4 Å². The molecule has 2 amide bonds. The van der Waals surface area contributed by atoms with Crippen LogP contribution in [0.25, 0.3) is 0 Å². The summed E-state index contributed by atoms with van der Waals surface area (Å²) >= 11 is 0. The van der Waals surface area contributed by atoms with Crippen molar-refractivity contribution in [2.45, 2.75) is 18.8 Å². The smallest absolute Gasteiger partial charge is 0.277 e. The Balaban J connectivity index is 1.51. The maximum atomic E-state index is 13.3. The van der Waals surface area contributed by atoms with Crippen LogP contribution in [0, 0.1) is 5.82 Å². The SMILES string of the molecule is O=C1C=C(Nc2ccccc2NC2=CC(=O)N(CCO)C2=O)CC(c2ccc(F)cc2)C1. The van der Waals surface area contributed by atoms with E-state index < -0.39 is 11.8 Å². The van der Waals surface area contributed by atoms with Crippen LogP contribution in [0.2, 0.25) is 0 Å². The highest BCUT2D eigenvalue weighted by Crippen LogP contribution is 2.34. The summed E-state index contributed by atoms with van der Waals surface area (Å²) in [6.45, 7) is -0.382. The summed E-state index contributed by atoms with van der Waals surface area (Å²) in [7, 11) is 0. The van der Waals surface area contributed by atoms with Crippen LogP contribution >= 0.6 is 0 Å². The minimum atomic E-state index is -0.512. The van der Waals surface area contributed by atoms with E-state index in [2.05, 4.69) is 10.6 Å². The van der Waals surface area contributed by atoms with Gasteiger partial charge in [0.2, 0.25) is 0 Å². The molecule has 1 aliphatic carbocycles. The van der Waals surface area contributed by atoms with Crippen molar-refractivity contribution in [2.75, 3.05) is 23.8 Å². The number of amides is 2. The van der Waals surface area contributed by atoms with Crippen molar-refractivity contribution in [3.8, 4) is 0 Å². The number of rotatable bonds is 7. The quantitative estimate of drug-likeness (QED) is 0.579. The molecule has 32 heavy (non-hydrogen) atoms. The van der Waals surface area contributed by atoms with Gasteiger partial charge in [0, 0.05) is 24.3 Å². The Kier molecular flexibility index (Phi) is 6.13. The highest BCUT2D eigenvalue weighted by molar-refractivity contribution is 6.17. The molecule has 2 aromatic rings. The second-order valence-electron chi connectivity index (χ2n) is 7.66. The van der Waals surface area contributed by atoms with Gasteiger partial charge in [0.05, 0.1) is 24.5 Å². The van der Waals surface area contributed by atoms with E-state index in [4.69, 9.17) is 5.11 Å². The average Bonchev–Trinajstić information content (AvgIpc) is 3.03. The van der Waals surface area contributed by atoms with Gasteiger partial charge in [-0.3, -0.25) is 19.3 Å². The number of halogens is 1. The fourth-order valence-corrected chi connectivity index (χ4v) is 3.88. The van der Waals surface area contributed by atoms with Gasteiger partial charge in [-0.15, -0.1) is 0 Å². The molecule has 0 aromatic heterocycles. The Bertz CT molecular complexity index is 1120. The number of aliphatic hydroxyl groups excluding tert-OH is 1. The zero-order chi connectivity index (χ0) is 22.7. The number of carbonyl (C=O) groups is 3. The van der Waals surface area contributed by atoms with Gasteiger partial charge >= 0.3 is 0 Å². The van der Waals surface area contributed by atoms with Crippen molar-refractivity contribution >= 4 is 29.0 Å². The van der Waals surface area contributed by atoms with Gasteiger partial charge in [0.1, 0.15) is 11.5 Å². The van der Waals surface area contributed by atoms with E-state index in [1.54, 1.807) is 36.4 Å². The number of ketones is 1. The number of allylic oxidation sites excluding steroid dienone is 2. The lowest BCUT2D eigenvalue weighted by atomic mass is 9.85. The lowest BCUT2D eigenvalue weighted by Gasteiger charge is -2.24. The minimum absolute atomic E-state index is 0.0302. The molecule has 2 aliphatic rings. The van der Waals surface area contributed by atoms with Crippen LogP contribution < -0.4 is 10.6 Å². The first-order valence-electron chi connectivity index (χ1n) is 10.2. The predicted molar refractivity (Wildman–Crippen MR) is 117 cm³/mol. The number of aliphatic hydroxyl groups is 1. The molecule has 164 valence electrons. The van der Waals surface area contributed by atoms with Gasteiger partial charge in [-0.1, -0.05) is 24.3 Å². The molecule has 1 atom stereocenters. The Labute approximate surface area is 184 Å². The molecule has 7 nitrogen and oxygen atoms in total. The van der Waals surface area contributed by atoms with Crippen molar-refractivity contribution in [2.24, 2.45) is 0 Å². The number of imide groups is 1. The van der Waals surface area contributed by atoms with Gasteiger partial charge < -0.3 is 15.7 Å². The molecule has 0 fully saturated rings. The summed E-state index contributed by atoms with van der Waals surface area (Å²) in [6.07, 6.45) is 3.67. The molecule has 1 unspecified atom stereocenters. The lowest BCUT2D eigenvalue weighted by Crippen LogP contribution is -2.34. The summed E-state index contributed by atoms with van der Waals surface area (Å²) in [5, 5.41) is 15.3. The van der Waals surface area contributed by atoms with Crippen molar-refractivity contribution in [1.82, 2.24) is 4.90 Å². The van der Waals surface area contributed by atoms with E-state index in [1.807, 2.05) is 6.07 Å². The van der Waals surface area contributed by atoms with Gasteiger partial charge in [0.15, 0.2) is 5.78 Å². The molecule has 0 spiro atoms. The molecule has 0 saturated heterocycles. The number of nitrogens with one attached hydrogen (secondary N) is 2. The van der Waals surface area contributed by atoms with Crippen LogP contribution in [0.1, 0.15) is 24.3 Å². The van der Waals surface area contributed by atoms with E-state index in [1.165, 1.54) is 18.2 Å². The monoisotopic (exact) mass is 435 g/mol. The van der Waals surface area contributed by atoms with E-state index in [-0.39, 0.29) is 36.4 Å². The number of nitrogens with zero attached hydrogens (tertiary/aromatic N) is 1. The van der Waals surface area contributed by atoms with E-state index >= 15 is 0 Å². The third-order valence-corrected chi connectivity index (χ3v) is 5.42. The Morgan fingerprint density at radius 3 is 2.31 bits per heavy atom. The molecule has 1 heterocycles.